The van der Waals surface area contributed by atoms with Gasteiger partial charge in [0.15, 0.2) is 0 Å². The number of rotatable bonds is 5. The molecule has 0 saturated carbocycles. The summed E-state index contributed by atoms with van der Waals surface area (Å²) in [5.41, 5.74) is 2.07. The third-order valence-electron chi connectivity index (χ3n) is 6.59. The number of piperidine rings is 1. The lowest BCUT2D eigenvalue weighted by Gasteiger charge is -2.40. The van der Waals surface area contributed by atoms with Crippen LogP contribution in [0.25, 0.3) is 0 Å². The topological polar surface area (TPSA) is 69.7 Å². The van der Waals surface area contributed by atoms with E-state index >= 15 is 0 Å². The maximum Gasteiger partial charge on any atom is 0.264 e. The minimum Gasteiger partial charge on any atom is -0.339 e. The van der Waals surface area contributed by atoms with Crippen molar-refractivity contribution in [1.29, 1.82) is 0 Å². The maximum atomic E-state index is 14.0. The standard InChI is InChI=1S/C25H26FN3O3S2/c26-22-6-1-2-7-24(22)34(31,32)27-20-5-3-4-18(16-20)25(30)28-12-8-21(9-13-28)29-14-10-23-19(17-29)11-15-33-23/h1-7,11,15-16,21,27H,8-10,12-14,17H2. The van der Waals surface area contributed by atoms with Crippen LogP contribution in [0.15, 0.2) is 64.9 Å². The van der Waals surface area contributed by atoms with E-state index in [0.717, 1.165) is 38.4 Å². The molecule has 5 rings (SSSR count). The van der Waals surface area contributed by atoms with Gasteiger partial charge < -0.3 is 4.90 Å². The highest BCUT2D eigenvalue weighted by Crippen LogP contribution is 2.28. The number of sulfonamides is 1. The average molecular weight is 500 g/mol. The quantitative estimate of drug-likeness (QED) is 0.567. The van der Waals surface area contributed by atoms with Crippen molar-refractivity contribution in [3.8, 4) is 0 Å². The minimum atomic E-state index is -4.10. The molecule has 1 aromatic heterocycles. The predicted molar refractivity (Wildman–Crippen MR) is 131 cm³/mol. The first-order chi connectivity index (χ1) is 16.4. The van der Waals surface area contributed by atoms with Crippen LogP contribution in [-0.4, -0.2) is 49.8 Å². The molecule has 34 heavy (non-hydrogen) atoms. The Labute approximate surface area is 203 Å². The van der Waals surface area contributed by atoms with Gasteiger partial charge >= 0.3 is 0 Å². The zero-order valence-corrected chi connectivity index (χ0v) is 20.2. The summed E-state index contributed by atoms with van der Waals surface area (Å²) in [7, 11) is -4.10. The fourth-order valence-electron chi connectivity index (χ4n) is 4.79. The highest BCUT2D eigenvalue weighted by Gasteiger charge is 2.30. The number of halogens is 1. The van der Waals surface area contributed by atoms with E-state index in [0.29, 0.717) is 24.7 Å². The average Bonchev–Trinajstić information content (AvgIpc) is 3.32. The second-order valence-electron chi connectivity index (χ2n) is 8.73. The third-order valence-corrected chi connectivity index (χ3v) is 9.03. The number of amides is 1. The molecule has 1 fully saturated rings. The van der Waals surface area contributed by atoms with Gasteiger partial charge in [-0.15, -0.1) is 11.3 Å². The molecule has 9 heteroatoms. The number of likely N-dealkylation sites (tertiary alicyclic amines) is 1. The molecule has 2 aromatic carbocycles. The van der Waals surface area contributed by atoms with E-state index in [1.165, 1.54) is 34.7 Å². The van der Waals surface area contributed by atoms with E-state index in [4.69, 9.17) is 0 Å². The first-order valence-electron chi connectivity index (χ1n) is 11.4. The number of carbonyl (C=O) groups excluding carboxylic acids is 1. The Morgan fingerprint density at radius 1 is 1.03 bits per heavy atom. The van der Waals surface area contributed by atoms with Crippen LogP contribution < -0.4 is 4.72 Å². The number of hydrogen-bond donors (Lipinski definition) is 1. The summed E-state index contributed by atoms with van der Waals surface area (Å²) in [5, 5.41) is 2.17. The zero-order chi connectivity index (χ0) is 23.7. The Morgan fingerprint density at radius 2 is 1.82 bits per heavy atom. The van der Waals surface area contributed by atoms with E-state index in [1.807, 2.05) is 16.2 Å². The van der Waals surface area contributed by atoms with E-state index in [9.17, 15) is 17.6 Å². The van der Waals surface area contributed by atoms with Crippen LogP contribution >= 0.6 is 11.3 Å². The summed E-state index contributed by atoms with van der Waals surface area (Å²) in [6, 6.07) is 14.3. The normalized spacial score (nSPS) is 17.4. The number of hydrogen-bond acceptors (Lipinski definition) is 5. The third kappa shape index (κ3) is 4.73. The van der Waals surface area contributed by atoms with Crippen molar-refractivity contribution in [3.63, 3.8) is 0 Å². The summed E-state index contributed by atoms with van der Waals surface area (Å²) in [6.07, 6.45) is 2.94. The molecule has 3 aromatic rings. The lowest BCUT2D eigenvalue weighted by Crippen LogP contribution is -2.47. The largest absolute Gasteiger partial charge is 0.339 e. The number of carbonyl (C=O) groups is 1. The number of nitrogens with zero attached hydrogens (tertiary/aromatic N) is 2. The van der Waals surface area contributed by atoms with Gasteiger partial charge in [0.1, 0.15) is 10.7 Å². The minimum absolute atomic E-state index is 0.121. The fraction of sp³-hybridized carbons (Fsp3) is 0.320. The van der Waals surface area contributed by atoms with Crippen molar-refractivity contribution in [2.45, 2.75) is 36.7 Å². The molecule has 6 nitrogen and oxygen atoms in total. The number of thiophene rings is 1. The first kappa shape index (κ1) is 23.0. The summed E-state index contributed by atoms with van der Waals surface area (Å²) in [4.78, 5) is 18.6. The van der Waals surface area contributed by atoms with E-state index < -0.39 is 20.7 Å². The van der Waals surface area contributed by atoms with E-state index in [1.54, 1.807) is 18.2 Å². The molecular formula is C25H26FN3O3S2. The van der Waals surface area contributed by atoms with E-state index in [-0.39, 0.29) is 11.6 Å². The molecule has 1 N–H and O–H groups in total. The van der Waals surface area contributed by atoms with Crippen LogP contribution in [0.4, 0.5) is 10.1 Å². The summed E-state index contributed by atoms with van der Waals surface area (Å²) in [6.45, 7) is 3.39. The van der Waals surface area contributed by atoms with Crippen molar-refractivity contribution in [2.24, 2.45) is 0 Å². The maximum absolute atomic E-state index is 14.0. The first-order valence-corrected chi connectivity index (χ1v) is 13.7. The fourth-order valence-corrected chi connectivity index (χ4v) is 6.81. The Bertz CT molecular complexity index is 1300. The second kappa shape index (κ2) is 9.48. The van der Waals surface area contributed by atoms with Crippen LogP contribution in [0.2, 0.25) is 0 Å². The number of anilines is 1. The van der Waals surface area contributed by atoms with E-state index in [2.05, 4.69) is 21.1 Å². The lowest BCUT2D eigenvalue weighted by atomic mass is 9.99. The molecule has 0 atom stereocenters. The highest BCUT2D eigenvalue weighted by molar-refractivity contribution is 7.92. The van der Waals surface area contributed by atoms with Crippen LogP contribution in [-0.2, 0) is 23.0 Å². The smallest absolute Gasteiger partial charge is 0.264 e. The molecule has 1 amide bonds. The summed E-state index contributed by atoms with van der Waals surface area (Å²) >= 11 is 1.84. The van der Waals surface area contributed by atoms with Gasteiger partial charge in [-0.2, -0.15) is 0 Å². The molecule has 2 aliphatic rings. The second-order valence-corrected chi connectivity index (χ2v) is 11.4. The Morgan fingerprint density at radius 3 is 2.62 bits per heavy atom. The molecule has 0 unspecified atom stereocenters. The molecule has 0 spiro atoms. The van der Waals surface area contributed by atoms with Crippen LogP contribution in [0, 0.1) is 5.82 Å². The van der Waals surface area contributed by atoms with Gasteiger partial charge in [0, 0.05) is 48.3 Å². The van der Waals surface area contributed by atoms with Crippen molar-refractivity contribution in [2.75, 3.05) is 24.4 Å². The van der Waals surface area contributed by atoms with Gasteiger partial charge in [0.25, 0.3) is 15.9 Å². The zero-order valence-electron chi connectivity index (χ0n) is 18.6. The molecule has 2 aliphatic heterocycles. The van der Waals surface area contributed by atoms with Gasteiger partial charge in [-0.1, -0.05) is 18.2 Å². The number of nitrogens with one attached hydrogen (secondary N) is 1. The predicted octanol–water partition coefficient (Wildman–Crippen LogP) is 4.35. The van der Waals surface area contributed by atoms with Gasteiger partial charge in [-0.05, 0) is 66.6 Å². The van der Waals surface area contributed by atoms with Crippen LogP contribution in [0.1, 0.15) is 33.6 Å². The van der Waals surface area contributed by atoms with Crippen molar-refractivity contribution >= 4 is 33.0 Å². The van der Waals surface area contributed by atoms with Crippen molar-refractivity contribution in [1.82, 2.24) is 9.80 Å². The van der Waals surface area contributed by atoms with Gasteiger partial charge in [-0.3, -0.25) is 14.4 Å². The SMILES string of the molecule is O=C(c1cccc(NS(=O)(=O)c2ccccc2F)c1)N1CCC(N2CCc3sccc3C2)CC1. The lowest BCUT2D eigenvalue weighted by molar-refractivity contribution is 0.0600. The van der Waals surface area contributed by atoms with Crippen molar-refractivity contribution < 1.29 is 17.6 Å². The van der Waals surface area contributed by atoms with Gasteiger partial charge in [0.2, 0.25) is 0 Å². The summed E-state index contributed by atoms with van der Waals surface area (Å²) in [5.74, 6) is -0.946. The Balaban J connectivity index is 1.22. The summed E-state index contributed by atoms with van der Waals surface area (Å²) < 4.78 is 41.6. The number of benzene rings is 2. The monoisotopic (exact) mass is 499 g/mol. The molecule has 3 heterocycles. The molecule has 0 radical (unpaired) electrons. The van der Waals surface area contributed by atoms with Crippen LogP contribution in [0.3, 0.4) is 0 Å². The highest BCUT2D eigenvalue weighted by atomic mass is 32.2. The molecule has 0 aliphatic carbocycles. The molecular weight excluding hydrogens is 473 g/mol. The molecule has 178 valence electrons. The van der Waals surface area contributed by atoms with Crippen LogP contribution in [0.5, 0.6) is 0 Å². The van der Waals surface area contributed by atoms with Gasteiger partial charge in [0.05, 0.1) is 0 Å². The Hall–Kier alpha value is -2.75. The Kier molecular flexibility index (Phi) is 6.42. The molecule has 1 saturated heterocycles. The number of fused-ring (bicyclic) bond motifs is 1. The van der Waals surface area contributed by atoms with Crippen molar-refractivity contribution in [3.05, 3.63) is 81.8 Å². The molecule has 0 bridgehead atoms. The van der Waals surface area contributed by atoms with Gasteiger partial charge in [-0.25, -0.2) is 12.8 Å².